The van der Waals surface area contributed by atoms with E-state index in [0.717, 1.165) is 17.1 Å². The lowest BCUT2D eigenvalue weighted by atomic mass is 9.86. The lowest BCUT2D eigenvalue weighted by molar-refractivity contribution is 0.590. The summed E-state index contributed by atoms with van der Waals surface area (Å²) < 4.78 is 0. The van der Waals surface area contributed by atoms with E-state index in [1.54, 1.807) is 6.33 Å². The summed E-state index contributed by atoms with van der Waals surface area (Å²) in [6.07, 6.45) is 1.63. The van der Waals surface area contributed by atoms with E-state index in [2.05, 4.69) is 74.2 Å². The van der Waals surface area contributed by atoms with Gasteiger partial charge in [-0.05, 0) is 16.9 Å². The predicted octanol–water partition coefficient (Wildman–Crippen LogP) is 4.61. The van der Waals surface area contributed by atoms with Crippen LogP contribution in [-0.2, 0) is 5.41 Å². The number of nitrogens with zero attached hydrogens (tertiary/aromatic N) is 2. The van der Waals surface area contributed by atoms with Crippen LogP contribution in [0.3, 0.4) is 0 Å². The van der Waals surface area contributed by atoms with Crippen molar-refractivity contribution in [3.05, 3.63) is 41.7 Å². The van der Waals surface area contributed by atoms with Gasteiger partial charge >= 0.3 is 0 Å². The summed E-state index contributed by atoms with van der Waals surface area (Å²) >= 11 is 0. The van der Waals surface area contributed by atoms with E-state index in [9.17, 15) is 0 Å². The molecule has 0 bridgehead atoms. The zero-order valence-electron chi connectivity index (χ0n) is 13.9. The highest BCUT2D eigenvalue weighted by molar-refractivity contribution is 5.69. The van der Waals surface area contributed by atoms with Gasteiger partial charge in [0.25, 0.3) is 0 Å². The van der Waals surface area contributed by atoms with Gasteiger partial charge in [0.2, 0.25) is 0 Å². The van der Waals surface area contributed by atoms with E-state index in [1.807, 2.05) is 7.05 Å². The van der Waals surface area contributed by atoms with Gasteiger partial charge in [0.15, 0.2) is 0 Å². The highest BCUT2D eigenvalue weighted by Gasteiger charge is 2.17. The van der Waals surface area contributed by atoms with Gasteiger partial charge in [-0.1, -0.05) is 58.9 Å². The fraction of sp³-hybridized carbons (Fsp3) is 0.444. The van der Waals surface area contributed by atoms with Crippen molar-refractivity contribution >= 4 is 5.82 Å². The zero-order chi connectivity index (χ0) is 15.6. The van der Waals surface area contributed by atoms with Gasteiger partial charge in [-0.2, -0.15) is 0 Å². The van der Waals surface area contributed by atoms with Crippen molar-refractivity contribution in [3.8, 4) is 11.3 Å². The highest BCUT2D eigenvalue weighted by Crippen LogP contribution is 2.32. The van der Waals surface area contributed by atoms with E-state index < -0.39 is 0 Å². The topological polar surface area (TPSA) is 37.8 Å². The molecule has 0 spiro atoms. The molecule has 0 fully saturated rings. The molecule has 0 radical (unpaired) electrons. The SMILES string of the molecule is CNc1ncnc(-c2ccc(C(C)(C)C)cc2)c1C(C)C. The van der Waals surface area contributed by atoms with Gasteiger partial charge < -0.3 is 5.32 Å². The van der Waals surface area contributed by atoms with Crippen molar-refractivity contribution in [1.29, 1.82) is 0 Å². The van der Waals surface area contributed by atoms with E-state index in [0.29, 0.717) is 5.92 Å². The van der Waals surface area contributed by atoms with E-state index in [1.165, 1.54) is 11.1 Å². The molecule has 1 N–H and O–H groups in total. The van der Waals surface area contributed by atoms with Crippen LogP contribution in [0.2, 0.25) is 0 Å². The fourth-order valence-electron chi connectivity index (χ4n) is 2.50. The van der Waals surface area contributed by atoms with Crippen LogP contribution in [0.25, 0.3) is 11.3 Å². The van der Waals surface area contributed by atoms with Crippen LogP contribution >= 0.6 is 0 Å². The summed E-state index contributed by atoms with van der Waals surface area (Å²) in [4.78, 5) is 8.86. The van der Waals surface area contributed by atoms with Crippen LogP contribution in [-0.4, -0.2) is 17.0 Å². The molecule has 0 amide bonds. The molecule has 1 aromatic carbocycles. The molecule has 1 heterocycles. The Hall–Kier alpha value is -1.90. The Kier molecular flexibility index (Phi) is 4.31. The molecule has 0 aliphatic heterocycles. The smallest absolute Gasteiger partial charge is 0.133 e. The number of rotatable bonds is 3. The minimum Gasteiger partial charge on any atom is -0.373 e. The molecule has 3 heteroatoms. The average Bonchev–Trinajstić information content (AvgIpc) is 2.45. The quantitative estimate of drug-likeness (QED) is 0.894. The second kappa shape index (κ2) is 5.84. The van der Waals surface area contributed by atoms with Gasteiger partial charge in [0, 0.05) is 18.2 Å². The monoisotopic (exact) mass is 283 g/mol. The van der Waals surface area contributed by atoms with E-state index >= 15 is 0 Å². The Morgan fingerprint density at radius 1 is 1.00 bits per heavy atom. The first kappa shape index (κ1) is 15.5. The van der Waals surface area contributed by atoms with Crippen molar-refractivity contribution in [1.82, 2.24) is 9.97 Å². The molecule has 0 saturated carbocycles. The molecule has 1 aromatic heterocycles. The van der Waals surface area contributed by atoms with Crippen molar-refractivity contribution < 1.29 is 0 Å². The Morgan fingerprint density at radius 3 is 2.10 bits per heavy atom. The van der Waals surface area contributed by atoms with Crippen LogP contribution in [0.1, 0.15) is 51.7 Å². The van der Waals surface area contributed by atoms with Crippen molar-refractivity contribution in [2.75, 3.05) is 12.4 Å². The molecule has 0 saturated heterocycles. The van der Waals surface area contributed by atoms with Crippen LogP contribution < -0.4 is 5.32 Å². The van der Waals surface area contributed by atoms with Crippen LogP contribution in [0.5, 0.6) is 0 Å². The molecule has 0 aliphatic carbocycles. The van der Waals surface area contributed by atoms with E-state index in [-0.39, 0.29) is 5.41 Å². The highest BCUT2D eigenvalue weighted by atomic mass is 15.0. The largest absolute Gasteiger partial charge is 0.373 e. The average molecular weight is 283 g/mol. The number of aromatic nitrogens is 2. The number of benzene rings is 1. The van der Waals surface area contributed by atoms with Crippen LogP contribution in [0.4, 0.5) is 5.82 Å². The third-order valence-corrected chi connectivity index (χ3v) is 3.72. The minimum absolute atomic E-state index is 0.168. The van der Waals surface area contributed by atoms with Crippen molar-refractivity contribution in [2.24, 2.45) is 0 Å². The van der Waals surface area contributed by atoms with Crippen LogP contribution in [0, 0.1) is 0 Å². The molecule has 112 valence electrons. The third kappa shape index (κ3) is 3.23. The maximum atomic E-state index is 4.52. The summed E-state index contributed by atoms with van der Waals surface area (Å²) in [7, 11) is 1.90. The molecule has 2 rings (SSSR count). The lowest BCUT2D eigenvalue weighted by Gasteiger charge is -2.20. The third-order valence-electron chi connectivity index (χ3n) is 3.72. The predicted molar refractivity (Wildman–Crippen MR) is 89.8 cm³/mol. The summed E-state index contributed by atoms with van der Waals surface area (Å²) in [5.74, 6) is 1.28. The maximum Gasteiger partial charge on any atom is 0.133 e. The number of hydrogen-bond donors (Lipinski definition) is 1. The van der Waals surface area contributed by atoms with Gasteiger partial charge in [-0.3, -0.25) is 0 Å². The van der Waals surface area contributed by atoms with Gasteiger partial charge in [-0.25, -0.2) is 9.97 Å². The van der Waals surface area contributed by atoms with Crippen LogP contribution in [0.15, 0.2) is 30.6 Å². The summed E-state index contributed by atoms with van der Waals surface area (Å²) in [5.41, 5.74) is 4.83. The molecule has 21 heavy (non-hydrogen) atoms. The van der Waals surface area contributed by atoms with Crippen molar-refractivity contribution in [2.45, 2.75) is 46.0 Å². The molecular formula is C18H25N3. The Morgan fingerprint density at radius 2 is 1.62 bits per heavy atom. The standard InChI is InChI=1S/C18H25N3/c1-12(2)15-16(20-11-21-17(15)19-6)13-7-9-14(10-8-13)18(3,4)5/h7-12H,1-6H3,(H,19,20,21). The molecule has 3 nitrogen and oxygen atoms in total. The second-order valence-corrected chi connectivity index (χ2v) is 6.72. The molecular weight excluding hydrogens is 258 g/mol. The molecule has 0 aliphatic rings. The second-order valence-electron chi connectivity index (χ2n) is 6.72. The Bertz CT molecular complexity index is 607. The van der Waals surface area contributed by atoms with Gasteiger partial charge in [-0.15, -0.1) is 0 Å². The maximum absolute atomic E-state index is 4.52. The summed E-state index contributed by atoms with van der Waals surface area (Å²) in [5, 5.41) is 3.17. The molecule has 2 aromatic rings. The number of hydrogen-bond acceptors (Lipinski definition) is 3. The van der Waals surface area contributed by atoms with Gasteiger partial charge in [0.1, 0.15) is 12.1 Å². The number of anilines is 1. The normalized spacial score (nSPS) is 11.8. The first-order chi connectivity index (χ1) is 9.84. The first-order valence-corrected chi connectivity index (χ1v) is 7.48. The Labute approximate surface area is 127 Å². The van der Waals surface area contributed by atoms with E-state index in [4.69, 9.17) is 0 Å². The Balaban J connectivity index is 2.52. The fourth-order valence-corrected chi connectivity index (χ4v) is 2.50. The zero-order valence-corrected chi connectivity index (χ0v) is 13.9. The minimum atomic E-state index is 0.168. The summed E-state index contributed by atoms with van der Waals surface area (Å²) in [6, 6.07) is 8.71. The number of nitrogens with one attached hydrogen (secondary N) is 1. The molecule has 0 atom stereocenters. The lowest BCUT2D eigenvalue weighted by Crippen LogP contribution is -2.10. The van der Waals surface area contributed by atoms with Crippen molar-refractivity contribution in [3.63, 3.8) is 0 Å². The molecule has 0 unspecified atom stereocenters. The van der Waals surface area contributed by atoms with Gasteiger partial charge in [0.05, 0.1) is 5.69 Å². The summed E-state index contributed by atoms with van der Waals surface area (Å²) in [6.45, 7) is 11.0. The first-order valence-electron chi connectivity index (χ1n) is 7.48.